The third kappa shape index (κ3) is 3.21. The Balaban J connectivity index is 1.61. The van der Waals surface area contributed by atoms with Crippen LogP contribution in [0, 0.1) is 6.92 Å². The summed E-state index contributed by atoms with van der Waals surface area (Å²) < 4.78 is 0. The highest BCUT2D eigenvalue weighted by Gasteiger charge is 2.21. The number of benzene rings is 2. The van der Waals surface area contributed by atoms with Gasteiger partial charge in [0.15, 0.2) is 5.82 Å². The van der Waals surface area contributed by atoms with Crippen molar-refractivity contribution in [1.29, 1.82) is 0 Å². The first-order valence-electron chi connectivity index (χ1n) is 9.69. The second-order valence-electron chi connectivity index (χ2n) is 7.26. The minimum atomic E-state index is -0.0342. The van der Waals surface area contributed by atoms with Crippen molar-refractivity contribution in [2.45, 2.75) is 13.3 Å². The molecule has 5 rings (SSSR count). The largest absolute Gasteiger partial charge is 0.356 e. The van der Waals surface area contributed by atoms with Crippen molar-refractivity contribution >= 4 is 5.91 Å². The Morgan fingerprint density at radius 3 is 2.62 bits per heavy atom. The van der Waals surface area contributed by atoms with Crippen LogP contribution in [0.2, 0.25) is 0 Å². The van der Waals surface area contributed by atoms with E-state index in [0.717, 1.165) is 45.8 Å². The average Bonchev–Trinajstić information content (AvgIpc) is 3.20. The predicted octanol–water partition coefficient (Wildman–Crippen LogP) is 4.40. The summed E-state index contributed by atoms with van der Waals surface area (Å²) in [7, 11) is 0. The van der Waals surface area contributed by atoms with E-state index in [1.807, 2.05) is 30.3 Å². The number of rotatable bonds is 3. The molecule has 1 aliphatic heterocycles. The number of aryl methyl sites for hydroxylation is 1. The van der Waals surface area contributed by atoms with Gasteiger partial charge >= 0.3 is 0 Å². The molecule has 0 spiro atoms. The van der Waals surface area contributed by atoms with Gasteiger partial charge in [-0.15, -0.1) is 0 Å². The van der Waals surface area contributed by atoms with Crippen LogP contribution in [0.5, 0.6) is 0 Å². The molecule has 142 valence electrons. The Morgan fingerprint density at radius 2 is 1.79 bits per heavy atom. The van der Waals surface area contributed by atoms with Crippen LogP contribution in [-0.4, -0.2) is 27.4 Å². The highest BCUT2D eigenvalue weighted by Crippen LogP contribution is 2.32. The second kappa shape index (κ2) is 7.02. The Hall–Kier alpha value is -3.73. The summed E-state index contributed by atoms with van der Waals surface area (Å²) in [6.45, 7) is 2.73. The van der Waals surface area contributed by atoms with Crippen LogP contribution in [0.4, 0.5) is 0 Å². The van der Waals surface area contributed by atoms with Gasteiger partial charge in [-0.25, -0.2) is 9.97 Å². The zero-order valence-corrected chi connectivity index (χ0v) is 16.1. The van der Waals surface area contributed by atoms with E-state index in [2.05, 4.69) is 52.5 Å². The summed E-state index contributed by atoms with van der Waals surface area (Å²) in [6, 6.07) is 20.4. The highest BCUT2D eigenvalue weighted by molar-refractivity contribution is 5.97. The first kappa shape index (κ1) is 17.4. The molecule has 1 aliphatic rings. The summed E-state index contributed by atoms with van der Waals surface area (Å²) >= 11 is 0. The Labute approximate surface area is 168 Å². The number of nitrogens with zero attached hydrogens (tertiary/aromatic N) is 2. The van der Waals surface area contributed by atoms with Crippen LogP contribution < -0.4 is 5.32 Å². The second-order valence-corrected chi connectivity index (χ2v) is 7.26. The third-order valence-electron chi connectivity index (χ3n) is 5.24. The molecule has 0 saturated heterocycles. The van der Waals surface area contributed by atoms with Crippen molar-refractivity contribution in [3.8, 4) is 33.9 Å². The monoisotopic (exact) mass is 380 g/mol. The molecule has 2 N–H and O–H groups in total. The lowest BCUT2D eigenvalue weighted by atomic mass is 9.97. The molecular formula is C24H20N4O. The van der Waals surface area contributed by atoms with Gasteiger partial charge in [0.05, 0.1) is 17.0 Å². The molecule has 0 fully saturated rings. The topological polar surface area (TPSA) is 70.7 Å². The predicted molar refractivity (Wildman–Crippen MR) is 113 cm³/mol. The minimum Gasteiger partial charge on any atom is -0.356 e. The molecule has 5 nitrogen and oxygen atoms in total. The maximum atomic E-state index is 12.1. The van der Waals surface area contributed by atoms with Gasteiger partial charge in [0.2, 0.25) is 0 Å². The van der Waals surface area contributed by atoms with Crippen LogP contribution in [-0.2, 0) is 6.42 Å². The maximum Gasteiger partial charge on any atom is 0.253 e. The molecule has 0 bridgehead atoms. The standard InChI is InChI=1S/C24H20N4O/c1-15-7-8-17(16-5-3-2-4-6-16)18(13-15)23-25-11-10-21(28-23)22-14-19-20(27-22)9-12-26-24(19)29/h2-8,10-11,13-14,27H,9,12H2,1H3,(H,26,29). The Kier molecular flexibility index (Phi) is 4.21. The van der Waals surface area contributed by atoms with Crippen molar-refractivity contribution < 1.29 is 4.79 Å². The first-order chi connectivity index (χ1) is 14.2. The number of aromatic nitrogens is 3. The lowest BCUT2D eigenvalue weighted by Gasteiger charge is -2.11. The lowest BCUT2D eigenvalue weighted by Crippen LogP contribution is -2.31. The molecule has 0 radical (unpaired) electrons. The van der Waals surface area contributed by atoms with Crippen LogP contribution in [0.1, 0.15) is 21.6 Å². The number of amides is 1. The number of hydrogen-bond donors (Lipinski definition) is 2. The van der Waals surface area contributed by atoms with Crippen molar-refractivity contribution in [2.24, 2.45) is 0 Å². The fraction of sp³-hybridized carbons (Fsp3) is 0.125. The molecule has 5 heteroatoms. The van der Waals surface area contributed by atoms with Gasteiger partial charge in [-0.05, 0) is 36.2 Å². The summed E-state index contributed by atoms with van der Waals surface area (Å²) in [5, 5.41) is 2.88. The SMILES string of the molecule is Cc1ccc(-c2ccccc2)c(-c2nccc(-c3cc4c([nH]3)CCNC4=O)n2)c1. The molecule has 0 saturated carbocycles. The maximum absolute atomic E-state index is 12.1. The molecule has 4 aromatic rings. The number of fused-ring (bicyclic) bond motifs is 1. The quantitative estimate of drug-likeness (QED) is 0.553. The molecule has 0 unspecified atom stereocenters. The molecule has 29 heavy (non-hydrogen) atoms. The van der Waals surface area contributed by atoms with Crippen molar-refractivity contribution in [1.82, 2.24) is 20.3 Å². The van der Waals surface area contributed by atoms with Crippen molar-refractivity contribution in [3.05, 3.63) is 83.7 Å². The van der Waals surface area contributed by atoms with Gasteiger partial charge in [-0.1, -0.05) is 48.0 Å². The normalized spacial score (nSPS) is 13.1. The van der Waals surface area contributed by atoms with Crippen LogP contribution in [0.25, 0.3) is 33.9 Å². The smallest absolute Gasteiger partial charge is 0.253 e. The van der Waals surface area contributed by atoms with Gasteiger partial charge in [-0.2, -0.15) is 0 Å². The summed E-state index contributed by atoms with van der Waals surface area (Å²) in [5.41, 5.74) is 7.65. The number of aromatic amines is 1. The van der Waals surface area contributed by atoms with E-state index < -0.39 is 0 Å². The van der Waals surface area contributed by atoms with Crippen LogP contribution in [0.15, 0.2) is 66.9 Å². The van der Waals surface area contributed by atoms with Crippen LogP contribution >= 0.6 is 0 Å². The van der Waals surface area contributed by atoms with E-state index in [1.165, 1.54) is 0 Å². The Bertz CT molecular complexity index is 1210. The zero-order chi connectivity index (χ0) is 19.8. The van der Waals surface area contributed by atoms with E-state index >= 15 is 0 Å². The van der Waals surface area contributed by atoms with E-state index in [9.17, 15) is 4.79 Å². The summed E-state index contributed by atoms with van der Waals surface area (Å²) in [5.74, 6) is 0.634. The molecular weight excluding hydrogens is 360 g/mol. The van der Waals surface area contributed by atoms with Gasteiger partial charge in [0, 0.05) is 30.4 Å². The summed E-state index contributed by atoms with van der Waals surface area (Å²) in [4.78, 5) is 24.8. The molecule has 0 aliphatic carbocycles. The average molecular weight is 380 g/mol. The highest BCUT2D eigenvalue weighted by atomic mass is 16.1. The van der Waals surface area contributed by atoms with Gasteiger partial charge < -0.3 is 10.3 Å². The van der Waals surface area contributed by atoms with E-state index in [0.29, 0.717) is 17.9 Å². The van der Waals surface area contributed by atoms with Gasteiger partial charge in [0.25, 0.3) is 5.91 Å². The van der Waals surface area contributed by atoms with E-state index in [1.54, 1.807) is 6.20 Å². The number of H-pyrrole nitrogens is 1. The number of carbonyl (C=O) groups excluding carboxylic acids is 1. The first-order valence-corrected chi connectivity index (χ1v) is 9.69. The molecule has 3 heterocycles. The lowest BCUT2D eigenvalue weighted by molar-refractivity contribution is 0.0946. The molecule has 1 amide bonds. The Morgan fingerprint density at radius 1 is 0.931 bits per heavy atom. The molecule has 2 aromatic carbocycles. The van der Waals surface area contributed by atoms with E-state index in [4.69, 9.17) is 4.98 Å². The van der Waals surface area contributed by atoms with Crippen molar-refractivity contribution in [3.63, 3.8) is 0 Å². The fourth-order valence-corrected chi connectivity index (χ4v) is 3.78. The van der Waals surface area contributed by atoms with Crippen molar-refractivity contribution in [2.75, 3.05) is 6.54 Å². The van der Waals surface area contributed by atoms with Crippen LogP contribution in [0.3, 0.4) is 0 Å². The fourth-order valence-electron chi connectivity index (χ4n) is 3.78. The third-order valence-corrected chi connectivity index (χ3v) is 5.24. The summed E-state index contributed by atoms with van der Waals surface area (Å²) in [6.07, 6.45) is 2.57. The minimum absolute atomic E-state index is 0.0342. The van der Waals surface area contributed by atoms with Gasteiger partial charge in [-0.3, -0.25) is 4.79 Å². The number of carbonyl (C=O) groups is 1. The molecule has 0 atom stereocenters. The van der Waals surface area contributed by atoms with E-state index in [-0.39, 0.29) is 5.91 Å². The number of nitrogens with one attached hydrogen (secondary N) is 2. The zero-order valence-electron chi connectivity index (χ0n) is 16.1. The number of hydrogen-bond acceptors (Lipinski definition) is 3. The molecule has 2 aromatic heterocycles. The van der Waals surface area contributed by atoms with Gasteiger partial charge in [0.1, 0.15) is 0 Å².